The standard InChI is InChI=1S/C15H20O.C3H6O2/c1-8-11-6-12(15(8,2)7-16)14-10-4-3-9(5-10)13(11)14;1-3(4)5-2/h3-4,7-14H,5-6H2,1-2H3;1-2H3. The SMILES string of the molecule is CC1C2CC(C3C4C=CC(C4)C23)C1(C)C=O.COC(C)=O. The third kappa shape index (κ3) is 1.92. The molecule has 3 fully saturated rings. The molecule has 116 valence electrons. The van der Waals surface area contributed by atoms with E-state index < -0.39 is 0 Å². The highest BCUT2D eigenvalue weighted by Gasteiger charge is 2.67. The van der Waals surface area contributed by atoms with Gasteiger partial charge >= 0.3 is 5.97 Å². The Kier molecular flexibility index (Phi) is 3.50. The molecule has 0 aromatic heterocycles. The first-order valence-corrected chi connectivity index (χ1v) is 8.13. The van der Waals surface area contributed by atoms with Gasteiger partial charge in [0.1, 0.15) is 6.29 Å². The topological polar surface area (TPSA) is 43.4 Å². The molecule has 0 heterocycles. The van der Waals surface area contributed by atoms with E-state index in [0.717, 1.165) is 29.6 Å². The molecule has 8 atom stereocenters. The third-order valence-electron chi connectivity index (χ3n) is 7.03. The van der Waals surface area contributed by atoms with Crippen LogP contribution in [0.25, 0.3) is 0 Å². The van der Waals surface area contributed by atoms with E-state index in [2.05, 4.69) is 30.7 Å². The van der Waals surface area contributed by atoms with E-state index in [4.69, 9.17) is 0 Å². The first-order valence-electron chi connectivity index (χ1n) is 8.13. The van der Waals surface area contributed by atoms with Crippen LogP contribution in [0.4, 0.5) is 0 Å². The Morgan fingerprint density at radius 3 is 2.33 bits per heavy atom. The lowest BCUT2D eigenvalue weighted by Crippen LogP contribution is -2.43. The van der Waals surface area contributed by atoms with Gasteiger partial charge in [-0.15, -0.1) is 0 Å². The van der Waals surface area contributed by atoms with Gasteiger partial charge in [0.25, 0.3) is 0 Å². The third-order valence-corrected chi connectivity index (χ3v) is 7.03. The van der Waals surface area contributed by atoms with Crippen molar-refractivity contribution in [1.82, 2.24) is 0 Å². The van der Waals surface area contributed by atoms with Crippen molar-refractivity contribution in [2.45, 2.75) is 33.6 Å². The summed E-state index contributed by atoms with van der Waals surface area (Å²) in [5.74, 6) is 5.36. The molecular weight excluding hydrogens is 264 g/mol. The van der Waals surface area contributed by atoms with Crippen LogP contribution in [0.2, 0.25) is 0 Å². The summed E-state index contributed by atoms with van der Waals surface area (Å²) >= 11 is 0. The number of carbonyl (C=O) groups is 2. The van der Waals surface area contributed by atoms with Crippen LogP contribution >= 0.6 is 0 Å². The van der Waals surface area contributed by atoms with E-state index in [0.29, 0.717) is 11.8 Å². The molecule has 3 nitrogen and oxygen atoms in total. The second kappa shape index (κ2) is 4.96. The zero-order valence-electron chi connectivity index (χ0n) is 13.4. The van der Waals surface area contributed by atoms with Crippen molar-refractivity contribution in [3.8, 4) is 0 Å². The van der Waals surface area contributed by atoms with Gasteiger partial charge in [-0.3, -0.25) is 4.79 Å². The van der Waals surface area contributed by atoms with Crippen LogP contribution in [0.15, 0.2) is 12.2 Å². The molecule has 4 aliphatic rings. The van der Waals surface area contributed by atoms with Crippen LogP contribution in [0, 0.1) is 46.8 Å². The van der Waals surface area contributed by atoms with Gasteiger partial charge in [0.05, 0.1) is 7.11 Å². The van der Waals surface area contributed by atoms with Gasteiger partial charge in [-0.1, -0.05) is 26.0 Å². The molecular formula is C18H26O3. The van der Waals surface area contributed by atoms with Crippen molar-refractivity contribution >= 4 is 12.3 Å². The highest BCUT2D eigenvalue weighted by atomic mass is 16.5. The summed E-state index contributed by atoms with van der Waals surface area (Å²) in [6.45, 7) is 5.91. The smallest absolute Gasteiger partial charge is 0.302 e. The fourth-order valence-electron chi connectivity index (χ4n) is 5.88. The number of carbonyl (C=O) groups excluding carboxylic acids is 2. The summed E-state index contributed by atoms with van der Waals surface area (Å²) in [6.07, 6.45) is 8.93. The van der Waals surface area contributed by atoms with Crippen molar-refractivity contribution in [1.29, 1.82) is 0 Å². The lowest BCUT2D eigenvalue weighted by molar-refractivity contribution is -0.137. The number of ether oxygens (including phenoxy) is 1. The number of aldehydes is 1. The molecule has 0 aromatic carbocycles. The Hall–Kier alpha value is -1.12. The summed E-state index contributed by atoms with van der Waals surface area (Å²) in [5, 5.41) is 0. The second-order valence-electron chi connectivity index (χ2n) is 7.58. The minimum atomic E-state index is -0.245. The molecule has 0 saturated heterocycles. The van der Waals surface area contributed by atoms with Gasteiger partial charge < -0.3 is 9.53 Å². The maximum absolute atomic E-state index is 11.5. The van der Waals surface area contributed by atoms with E-state index in [9.17, 15) is 9.59 Å². The fourth-order valence-corrected chi connectivity index (χ4v) is 5.88. The van der Waals surface area contributed by atoms with Gasteiger partial charge in [0.15, 0.2) is 0 Å². The fraction of sp³-hybridized carbons (Fsp3) is 0.778. The number of esters is 1. The van der Waals surface area contributed by atoms with E-state index in [1.54, 1.807) is 0 Å². The summed E-state index contributed by atoms with van der Waals surface area (Å²) in [7, 11) is 1.35. The minimum Gasteiger partial charge on any atom is -0.469 e. The number of hydrogen-bond donors (Lipinski definition) is 0. The molecule has 0 aromatic rings. The molecule has 0 radical (unpaired) electrons. The van der Waals surface area contributed by atoms with E-state index >= 15 is 0 Å². The second-order valence-corrected chi connectivity index (χ2v) is 7.58. The van der Waals surface area contributed by atoms with Gasteiger partial charge in [0, 0.05) is 12.3 Å². The molecule has 0 amide bonds. The Bertz CT molecular complexity index is 483. The van der Waals surface area contributed by atoms with Crippen LogP contribution in [0.1, 0.15) is 33.6 Å². The number of hydrogen-bond acceptors (Lipinski definition) is 3. The first-order chi connectivity index (χ1) is 9.93. The summed E-state index contributed by atoms with van der Waals surface area (Å²) in [6, 6.07) is 0. The molecule has 3 saturated carbocycles. The molecule has 0 spiro atoms. The van der Waals surface area contributed by atoms with Crippen molar-refractivity contribution in [2.75, 3.05) is 7.11 Å². The van der Waals surface area contributed by atoms with Crippen LogP contribution < -0.4 is 0 Å². The zero-order valence-corrected chi connectivity index (χ0v) is 13.4. The number of fused-ring (bicyclic) bond motifs is 9. The highest BCUT2D eigenvalue weighted by Crippen LogP contribution is 2.71. The molecule has 4 bridgehead atoms. The Morgan fingerprint density at radius 1 is 1.24 bits per heavy atom. The van der Waals surface area contributed by atoms with Gasteiger partial charge in [-0.25, -0.2) is 0 Å². The van der Waals surface area contributed by atoms with Crippen LogP contribution in [0.5, 0.6) is 0 Å². The quantitative estimate of drug-likeness (QED) is 0.322. The number of rotatable bonds is 1. The molecule has 8 unspecified atom stereocenters. The predicted octanol–water partition coefficient (Wildman–Crippen LogP) is 3.10. The number of allylic oxidation sites excluding steroid dienone is 2. The van der Waals surface area contributed by atoms with Gasteiger partial charge in [0.2, 0.25) is 0 Å². The van der Waals surface area contributed by atoms with Crippen LogP contribution in [-0.4, -0.2) is 19.4 Å². The first kappa shape index (κ1) is 14.8. The van der Waals surface area contributed by atoms with E-state index in [-0.39, 0.29) is 11.4 Å². The van der Waals surface area contributed by atoms with Crippen LogP contribution in [-0.2, 0) is 14.3 Å². The lowest BCUT2D eigenvalue weighted by atomic mass is 9.59. The maximum Gasteiger partial charge on any atom is 0.302 e. The van der Waals surface area contributed by atoms with Gasteiger partial charge in [-0.2, -0.15) is 0 Å². The molecule has 0 aliphatic heterocycles. The van der Waals surface area contributed by atoms with Crippen LogP contribution in [0.3, 0.4) is 0 Å². The Balaban J connectivity index is 0.000000233. The van der Waals surface area contributed by atoms with Crippen molar-refractivity contribution in [3.63, 3.8) is 0 Å². The summed E-state index contributed by atoms with van der Waals surface area (Å²) in [4.78, 5) is 21.1. The van der Waals surface area contributed by atoms with Crippen molar-refractivity contribution in [3.05, 3.63) is 12.2 Å². The zero-order chi connectivity index (χ0) is 15.4. The van der Waals surface area contributed by atoms with Crippen molar-refractivity contribution < 1.29 is 14.3 Å². The Labute approximate surface area is 127 Å². The van der Waals surface area contributed by atoms with E-state index in [1.165, 1.54) is 33.2 Å². The average Bonchev–Trinajstić information content (AvgIpc) is 3.20. The molecule has 3 heteroatoms. The summed E-state index contributed by atoms with van der Waals surface area (Å²) < 4.78 is 4.11. The number of methoxy groups -OCH3 is 1. The summed E-state index contributed by atoms with van der Waals surface area (Å²) in [5.41, 5.74) is -0.00977. The molecule has 21 heavy (non-hydrogen) atoms. The molecule has 0 N–H and O–H groups in total. The lowest BCUT2D eigenvalue weighted by Gasteiger charge is -2.44. The average molecular weight is 290 g/mol. The molecule has 4 rings (SSSR count). The Morgan fingerprint density at radius 2 is 1.81 bits per heavy atom. The van der Waals surface area contributed by atoms with Gasteiger partial charge in [-0.05, 0) is 54.3 Å². The largest absolute Gasteiger partial charge is 0.469 e. The van der Waals surface area contributed by atoms with Crippen molar-refractivity contribution in [2.24, 2.45) is 46.8 Å². The highest BCUT2D eigenvalue weighted by molar-refractivity contribution is 5.65. The monoisotopic (exact) mass is 290 g/mol. The minimum absolute atomic E-state index is 0.00977. The van der Waals surface area contributed by atoms with E-state index in [1.807, 2.05) is 0 Å². The predicted molar refractivity (Wildman–Crippen MR) is 80.3 cm³/mol. The normalized spacial score (nSPS) is 51.3. The maximum atomic E-state index is 11.5. The molecule has 4 aliphatic carbocycles.